The quantitative estimate of drug-likeness (QED) is 0.137. The lowest BCUT2D eigenvalue weighted by Gasteiger charge is -2.46. The van der Waals surface area contributed by atoms with Crippen molar-refractivity contribution in [2.45, 2.75) is 49.4 Å². The smallest absolute Gasteiger partial charge is 0.160 e. The van der Waals surface area contributed by atoms with Gasteiger partial charge in [-0.3, -0.25) is 0 Å². The van der Waals surface area contributed by atoms with Crippen molar-refractivity contribution in [1.82, 2.24) is 19.9 Å². The Bertz CT molecular complexity index is 7420. The highest BCUT2D eigenvalue weighted by Crippen LogP contribution is 2.66. The van der Waals surface area contributed by atoms with Gasteiger partial charge in [-0.1, -0.05) is 446 Å². The molecular formula is C120H84N4. The molecule has 0 atom stereocenters. The van der Waals surface area contributed by atoms with Crippen LogP contribution in [0.25, 0.3) is 156 Å². The Morgan fingerprint density at radius 2 is 0.419 bits per heavy atom. The summed E-state index contributed by atoms with van der Waals surface area (Å²) in [5.41, 5.74) is 40.2. The van der Waals surface area contributed by atoms with Crippen LogP contribution in [0.15, 0.2) is 437 Å². The van der Waals surface area contributed by atoms with E-state index >= 15 is 0 Å². The van der Waals surface area contributed by atoms with E-state index < -0.39 is 10.8 Å². The first-order valence-corrected chi connectivity index (χ1v) is 43.2. The Kier molecular flexibility index (Phi) is 17.4. The van der Waals surface area contributed by atoms with Crippen LogP contribution < -0.4 is 0 Å². The molecule has 0 bridgehead atoms. The summed E-state index contributed by atoms with van der Waals surface area (Å²) in [7, 11) is 0. The van der Waals surface area contributed by atoms with Gasteiger partial charge in [0.15, 0.2) is 11.6 Å². The van der Waals surface area contributed by atoms with Crippen LogP contribution in [0.2, 0.25) is 0 Å². The van der Waals surface area contributed by atoms with Crippen molar-refractivity contribution in [3.63, 3.8) is 0 Å². The molecule has 20 aromatic rings. The summed E-state index contributed by atoms with van der Waals surface area (Å²) in [6, 6.07) is 159. The normalized spacial score (nSPS) is 13.9. The van der Waals surface area contributed by atoms with E-state index in [1.54, 1.807) is 0 Å². The molecule has 2 heterocycles. The largest absolute Gasteiger partial charge is 0.228 e. The SMILES string of the molecule is CC1(C)c2ccccc2C2(c3ccccc3-c3c(-c4ccc(-c5ccc(-c6cc(-c7ccccc7)nc(-c7ccccc7)n6)cc5)c5ccccc45)cccc32)c2ccccc21.CC1(C)c2ccccc2C2(c3ccccc3-c3cc(-c4ccc(-c5ccc(-c6cc(-c7ccccc7)nc(-c7ccccc7)n6)cc5)c5ccccc45)ccc32)c2ccccc21. The lowest BCUT2D eigenvalue weighted by atomic mass is 9.55. The van der Waals surface area contributed by atoms with Crippen molar-refractivity contribution < 1.29 is 0 Å². The molecule has 18 aromatic carbocycles. The molecule has 0 amide bonds. The van der Waals surface area contributed by atoms with E-state index in [4.69, 9.17) is 19.9 Å². The highest BCUT2D eigenvalue weighted by Gasteiger charge is 2.55. The molecule has 2 spiro atoms. The maximum absolute atomic E-state index is 5.09. The van der Waals surface area contributed by atoms with Gasteiger partial charge < -0.3 is 0 Å². The molecular weight excluding hydrogens is 1500 g/mol. The topological polar surface area (TPSA) is 51.6 Å². The maximum Gasteiger partial charge on any atom is 0.160 e. The minimum Gasteiger partial charge on any atom is -0.228 e. The van der Waals surface area contributed by atoms with E-state index in [9.17, 15) is 0 Å². The van der Waals surface area contributed by atoms with Crippen molar-refractivity contribution in [2.24, 2.45) is 0 Å². The van der Waals surface area contributed by atoms with Gasteiger partial charge >= 0.3 is 0 Å². The minimum absolute atomic E-state index is 0.120. The molecule has 4 aliphatic carbocycles. The number of hydrogen-bond acceptors (Lipinski definition) is 4. The van der Waals surface area contributed by atoms with Gasteiger partial charge in [-0.25, -0.2) is 19.9 Å². The highest BCUT2D eigenvalue weighted by atomic mass is 14.9. The number of nitrogens with zero attached hydrogens (tertiary/aromatic N) is 4. The fraction of sp³-hybridized carbons (Fsp3) is 0.0667. The second kappa shape index (κ2) is 29.2. The first-order valence-electron chi connectivity index (χ1n) is 43.2. The average Bonchev–Trinajstić information content (AvgIpc) is 1.47. The van der Waals surface area contributed by atoms with Crippen molar-refractivity contribution in [3.8, 4) is 135 Å². The Balaban J connectivity index is 0.000000143. The zero-order valence-corrected chi connectivity index (χ0v) is 69.4. The third-order valence-corrected chi connectivity index (χ3v) is 27.2. The highest BCUT2D eigenvalue weighted by molar-refractivity contribution is 6.10. The first kappa shape index (κ1) is 73.8. The fourth-order valence-electron chi connectivity index (χ4n) is 21.5. The van der Waals surface area contributed by atoms with Gasteiger partial charge in [0.2, 0.25) is 0 Å². The van der Waals surface area contributed by atoms with Gasteiger partial charge in [-0.15, -0.1) is 0 Å². The third-order valence-electron chi connectivity index (χ3n) is 27.2. The summed E-state index contributed by atoms with van der Waals surface area (Å²) < 4.78 is 0. The summed E-state index contributed by atoms with van der Waals surface area (Å²) in [6.45, 7) is 9.53. The van der Waals surface area contributed by atoms with E-state index in [1.165, 1.54) is 150 Å². The van der Waals surface area contributed by atoms with E-state index in [0.717, 1.165) is 67.5 Å². The Morgan fingerprint density at radius 1 is 0.153 bits per heavy atom. The molecule has 24 rings (SSSR count). The van der Waals surface area contributed by atoms with Crippen LogP contribution in [-0.2, 0) is 21.7 Å². The molecule has 0 N–H and O–H groups in total. The molecule has 0 saturated heterocycles. The lowest BCUT2D eigenvalue weighted by molar-refractivity contribution is 0.563. The van der Waals surface area contributed by atoms with Crippen LogP contribution in [0.4, 0.5) is 0 Å². The number of aromatic nitrogens is 4. The summed E-state index contributed by atoms with van der Waals surface area (Å²) >= 11 is 0. The molecule has 0 radical (unpaired) electrons. The van der Waals surface area contributed by atoms with Gasteiger partial charge in [0.1, 0.15) is 0 Å². The minimum atomic E-state index is -0.435. The number of hydrogen-bond donors (Lipinski definition) is 0. The van der Waals surface area contributed by atoms with E-state index in [0.29, 0.717) is 5.82 Å². The predicted octanol–water partition coefficient (Wildman–Crippen LogP) is 29.9. The fourth-order valence-corrected chi connectivity index (χ4v) is 21.5. The third kappa shape index (κ3) is 11.5. The number of benzene rings is 18. The molecule has 584 valence electrons. The zero-order chi connectivity index (χ0) is 82.8. The second-order valence-corrected chi connectivity index (χ2v) is 34.5. The molecule has 0 aliphatic heterocycles. The molecule has 4 heteroatoms. The molecule has 2 aromatic heterocycles. The molecule has 0 saturated carbocycles. The summed E-state index contributed by atoms with van der Waals surface area (Å²) in [5.74, 6) is 1.43. The Morgan fingerprint density at radius 3 is 0.831 bits per heavy atom. The second-order valence-electron chi connectivity index (χ2n) is 34.5. The van der Waals surface area contributed by atoms with Gasteiger partial charge in [-0.05, 0) is 173 Å². The van der Waals surface area contributed by atoms with Gasteiger partial charge in [0, 0.05) is 44.2 Å². The van der Waals surface area contributed by atoms with E-state index in [-0.39, 0.29) is 10.8 Å². The molecule has 0 unspecified atom stereocenters. The van der Waals surface area contributed by atoms with Gasteiger partial charge in [-0.2, -0.15) is 0 Å². The van der Waals surface area contributed by atoms with Gasteiger partial charge in [0.05, 0.1) is 33.6 Å². The lowest BCUT2D eigenvalue weighted by Crippen LogP contribution is -2.40. The molecule has 0 fully saturated rings. The Hall–Kier alpha value is -15.4. The van der Waals surface area contributed by atoms with Crippen molar-refractivity contribution in [3.05, 3.63) is 504 Å². The van der Waals surface area contributed by atoms with Crippen LogP contribution in [0.3, 0.4) is 0 Å². The van der Waals surface area contributed by atoms with Crippen molar-refractivity contribution >= 4 is 21.5 Å². The van der Waals surface area contributed by atoms with Crippen LogP contribution in [0.5, 0.6) is 0 Å². The monoisotopic (exact) mass is 1580 g/mol. The molecule has 4 aliphatic rings. The average molecular weight is 1580 g/mol. The zero-order valence-electron chi connectivity index (χ0n) is 69.4. The van der Waals surface area contributed by atoms with Crippen molar-refractivity contribution in [2.75, 3.05) is 0 Å². The van der Waals surface area contributed by atoms with Crippen molar-refractivity contribution in [1.29, 1.82) is 0 Å². The number of fused-ring (bicyclic) bond motifs is 20. The van der Waals surface area contributed by atoms with Gasteiger partial charge in [0.25, 0.3) is 0 Å². The summed E-state index contributed by atoms with van der Waals surface area (Å²) in [5, 5.41) is 4.93. The molecule has 4 nitrogen and oxygen atoms in total. The van der Waals surface area contributed by atoms with Crippen LogP contribution >= 0.6 is 0 Å². The van der Waals surface area contributed by atoms with Crippen LogP contribution in [0, 0.1) is 0 Å². The van der Waals surface area contributed by atoms with Crippen LogP contribution in [-0.4, -0.2) is 19.9 Å². The standard InChI is InChI=1S/2C60H42N2/c1-59(2)50-27-13-15-29-52(50)60(53-30-16-14-28-51(53)59)49-26-12-11-24-48(49)57-47(25-17-31-54(57)60)46-37-36-43(44-22-9-10-23-45(44)46)39-32-34-41(35-33-39)56-38-55(40-18-5-3-6-19-40)61-58(62-56)42-20-7-4-8-21-42;1-59(2)52-25-13-15-27-54(52)60(55-28-16-14-26-53(55)59)50-24-12-11-23-48(50)49-37-43(33-36-51(49)60)45-35-34-44(46-21-9-10-22-47(45)46)39-29-31-41(32-30-39)57-38-56(40-17-5-3-6-18-40)61-58(62-57)42-19-7-4-8-20-42/h2*3-38H,1-2H3. The van der Waals surface area contributed by atoms with Crippen LogP contribution in [0.1, 0.15) is 94.5 Å². The first-order chi connectivity index (χ1) is 61.0. The maximum atomic E-state index is 5.09. The predicted molar refractivity (Wildman–Crippen MR) is 512 cm³/mol. The number of rotatable bonds is 10. The molecule has 124 heavy (non-hydrogen) atoms. The summed E-state index contributed by atoms with van der Waals surface area (Å²) in [6.07, 6.45) is 0. The summed E-state index contributed by atoms with van der Waals surface area (Å²) in [4.78, 5) is 20.2. The van der Waals surface area contributed by atoms with E-state index in [1.807, 2.05) is 48.5 Å². The Labute approximate surface area is 724 Å². The van der Waals surface area contributed by atoms with E-state index in [2.05, 4.69) is 416 Å².